The maximum Gasteiger partial charge on any atom is 0.151 e. The van der Waals surface area contributed by atoms with E-state index in [-0.39, 0.29) is 11.5 Å². The smallest absolute Gasteiger partial charge is 0.151 e. The van der Waals surface area contributed by atoms with Crippen LogP contribution in [-0.4, -0.2) is 22.6 Å². The first-order valence-corrected chi connectivity index (χ1v) is 22.6. The highest BCUT2D eigenvalue weighted by Gasteiger charge is 2.28. The molecule has 2 aliphatic heterocycles. The van der Waals surface area contributed by atoms with Crippen molar-refractivity contribution >= 4 is 57.9 Å². The maximum absolute atomic E-state index is 11.3. The van der Waals surface area contributed by atoms with Gasteiger partial charge in [-0.1, -0.05) is 72.8 Å². The van der Waals surface area contributed by atoms with Crippen molar-refractivity contribution in [2.45, 2.75) is 27.7 Å². The first kappa shape index (κ1) is 41.8. The summed E-state index contributed by atoms with van der Waals surface area (Å²) in [6.45, 7) is 8.42. The van der Waals surface area contributed by atoms with Gasteiger partial charge in [0.2, 0.25) is 0 Å². The number of hydrogen-bond acceptors (Lipinski definition) is 8. The summed E-state index contributed by atoms with van der Waals surface area (Å²) in [6, 6.07) is 60.0. The summed E-state index contributed by atoms with van der Waals surface area (Å²) in [7, 11) is 0. The van der Waals surface area contributed by atoms with E-state index in [9.17, 15) is 10.2 Å². The zero-order valence-corrected chi connectivity index (χ0v) is 38.0. The van der Waals surface area contributed by atoms with E-state index >= 15 is 0 Å². The molecule has 0 saturated heterocycles. The third-order valence-electron chi connectivity index (χ3n) is 12.6. The fraction of sp³-hybridized carbons (Fsp3) is 0.0667. The lowest BCUT2D eigenvalue weighted by molar-refractivity contribution is 0.474. The number of rotatable bonds is 8. The minimum absolute atomic E-state index is 0.119. The van der Waals surface area contributed by atoms with E-state index in [1.807, 2.05) is 121 Å². The second kappa shape index (κ2) is 17.2. The molecule has 0 bridgehead atoms. The molecule has 8 nitrogen and oxygen atoms in total. The van der Waals surface area contributed by atoms with E-state index < -0.39 is 0 Å². The molecule has 330 valence electrons. The molecule has 0 unspecified atom stereocenters. The van der Waals surface area contributed by atoms with Gasteiger partial charge >= 0.3 is 0 Å². The van der Waals surface area contributed by atoms with Crippen LogP contribution in [-0.2, 0) is 0 Å². The molecule has 2 aliphatic rings. The highest BCUT2D eigenvalue weighted by molar-refractivity contribution is 5.93. The molecule has 0 atom stereocenters. The van der Waals surface area contributed by atoms with Crippen LogP contribution in [0, 0.1) is 27.7 Å². The minimum atomic E-state index is 0.119. The number of aryl methyl sites for hydroxylation is 4. The molecule has 68 heavy (non-hydrogen) atoms. The molecule has 9 aromatic carbocycles. The van der Waals surface area contributed by atoms with Crippen LogP contribution in [0.2, 0.25) is 0 Å². The van der Waals surface area contributed by atoms with Crippen molar-refractivity contribution < 1.29 is 19.7 Å². The van der Waals surface area contributed by atoms with Gasteiger partial charge in [0.1, 0.15) is 11.5 Å². The van der Waals surface area contributed by atoms with Gasteiger partial charge < -0.3 is 29.5 Å². The average molecular weight is 887 g/mol. The zero-order valence-electron chi connectivity index (χ0n) is 38.0. The van der Waals surface area contributed by atoms with Crippen molar-refractivity contribution in [1.82, 2.24) is 0 Å². The number of anilines is 6. The van der Waals surface area contributed by atoms with Crippen LogP contribution in [0.15, 0.2) is 192 Å². The number of aromatic hydroxyl groups is 2. The van der Waals surface area contributed by atoms with Crippen molar-refractivity contribution in [3.8, 4) is 56.8 Å². The number of para-hydroxylation sites is 10. The molecule has 8 heteroatoms. The highest BCUT2D eigenvalue weighted by Crippen LogP contribution is 2.52. The normalized spacial score (nSPS) is 12.6. The van der Waals surface area contributed by atoms with Crippen molar-refractivity contribution in [1.29, 1.82) is 0 Å². The summed E-state index contributed by atoms with van der Waals surface area (Å²) in [5.41, 5.74) is 16.6. The average Bonchev–Trinajstić information content (AvgIpc) is 3.34. The van der Waals surface area contributed by atoms with Crippen molar-refractivity contribution in [3.63, 3.8) is 0 Å². The summed E-state index contributed by atoms with van der Waals surface area (Å²) < 4.78 is 12.5. The van der Waals surface area contributed by atoms with Gasteiger partial charge in [-0.25, -0.2) is 0 Å². The second-order valence-corrected chi connectivity index (χ2v) is 17.2. The number of nitrogens with zero attached hydrogens (tertiary/aromatic N) is 4. The third kappa shape index (κ3) is 7.57. The van der Waals surface area contributed by atoms with E-state index in [2.05, 4.69) is 86.0 Å². The standard InChI is InChI=1S/C60H46N4O4/c1-37-29-45(63-49-17-7-11-21-55(49)67-56-22-12-8-18-50(56)63)30-38(2)59(37)41-25-27-43(53(65)33-41)35-61-47-15-5-6-16-48(47)62-36-44-28-26-42(34-54(44)66)60-39(3)31-46(32-40(60)4)64-51-19-9-13-23-57(51)68-58-24-14-10-20-52(58)64/h5-36,65-66H,1-4H3. The molecule has 2 N–H and O–H groups in total. The fourth-order valence-corrected chi connectivity index (χ4v) is 9.59. The molecule has 0 fully saturated rings. The van der Waals surface area contributed by atoms with Crippen LogP contribution in [0.3, 0.4) is 0 Å². The van der Waals surface area contributed by atoms with Crippen LogP contribution in [0.1, 0.15) is 33.4 Å². The Morgan fingerprint density at radius 1 is 0.382 bits per heavy atom. The Hall–Kier alpha value is -8.88. The van der Waals surface area contributed by atoms with Crippen molar-refractivity contribution in [2.75, 3.05) is 9.80 Å². The first-order chi connectivity index (χ1) is 33.2. The van der Waals surface area contributed by atoms with Crippen LogP contribution in [0.4, 0.5) is 45.5 Å². The Balaban J connectivity index is 0.820. The Morgan fingerprint density at radius 2 is 0.691 bits per heavy atom. The minimum Gasteiger partial charge on any atom is -0.507 e. The topological polar surface area (TPSA) is 90.1 Å². The lowest BCUT2D eigenvalue weighted by Gasteiger charge is -2.33. The second-order valence-electron chi connectivity index (χ2n) is 17.2. The van der Waals surface area contributed by atoms with E-state index in [1.165, 1.54) is 0 Å². The van der Waals surface area contributed by atoms with Gasteiger partial charge in [-0.05, 0) is 181 Å². The number of phenols is 2. The molecule has 11 rings (SSSR count). The van der Waals surface area contributed by atoms with Crippen molar-refractivity contribution in [3.05, 3.63) is 215 Å². The van der Waals surface area contributed by atoms with E-state index in [0.29, 0.717) is 22.5 Å². The largest absolute Gasteiger partial charge is 0.507 e. The number of fused-ring (bicyclic) bond motifs is 4. The van der Waals surface area contributed by atoms with E-state index in [0.717, 1.165) is 102 Å². The summed E-state index contributed by atoms with van der Waals surface area (Å²) >= 11 is 0. The van der Waals surface area contributed by atoms with Gasteiger partial charge in [0.05, 0.1) is 34.1 Å². The molecule has 0 aliphatic carbocycles. The third-order valence-corrected chi connectivity index (χ3v) is 12.6. The van der Waals surface area contributed by atoms with Crippen LogP contribution < -0.4 is 19.3 Å². The molecule has 0 aromatic heterocycles. The number of ether oxygens (including phenoxy) is 2. The number of hydrogen-bond donors (Lipinski definition) is 2. The Bertz CT molecular complexity index is 3150. The van der Waals surface area contributed by atoms with Gasteiger partial charge in [0.25, 0.3) is 0 Å². The van der Waals surface area contributed by atoms with Gasteiger partial charge in [-0.15, -0.1) is 0 Å². The van der Waals surface area contributed by atoms with Gasteiger partial charge in [-0.2, -0.15) is 0 Å². The Labute approximate surface area is 395 Å². The molecule has 9 aromatic rings. The lowest BCUT2D eigenvalue weighted by atomic mass is 9.93. The van der Waals surface area contributed by atoms with Gasteiger partial charge in [0.15, 0.2) is 23.0 Å². The summed E-state index contributed by atoms with van der Waals surface area (Å²) in [5, 5.41) is 22.7. The molecule has 0 radical (unpaired) electrons. The predicted molar refractivity (Wildman–Crippen MR) is 276 cm³/mol. The summed E-state index contributed by atoms with van der Waals surface area (Å²) in [4.78, 5) is 14.0. The quantitative estimate of drug-likeness (QED) is 0.148. The molecular weight excluding hydrogens is 841 g/mol. The fourth-order valence-electron chi connectivity index (χ4n) is 9.59. The van der Waals surface area contributed by atoms with Crippen LogP contribution in [0.25, 0.3) is 22.3 Å². The number of phenolic OH excluding ortho intramolecular Hbond substituents is 2. The Morgan fingerprint density at radius 3 is 1.01 bits per heavy atom. The number of aliphatic imine (C=N–C) groups is 2. The number of benzene rings is 9. The summed E-state index contributed by atoms with van der Waals surface area (Å²) in [5.74, 6) is 3.46. The van der Waals surface area contributed by atoms with Crippen LogP contribution >= 0.6 is 0 Å². The van der Waals surface area contributed by atoms with Gasteiger partial charge in [-0.3, -0.25) is 9.98 Å². The van der Waals surface area contributed by atoms with Crippen molar-refractivity contribution in [2.24, 2.45) is 9.98 Å². The molecule has 2 heterocycles. The van der Waals surface area contributed by atoms with E-state index in [4.69, 9.17) is 19.5 Å². The maximum atomic E-state index is 11.3. The molecular formula is C60H46N4O4. The predicted octanol–water partition coefficient (Wildman–Crippen LogP) is 16.3. The lowest BCUT2D eigenvalue weighted by Crippen LogP contribution is -2.16. The zero-order chi connectivity index (χ0) is 46.5. The molecule has 0 amide bonds. The Kier molecular flexibility index (Phi) is 10.5. The van der Waals surface area contributed by atoms with Gasteiger partial charge in [0, 0.05) is 34.9 Å². The molecule has 0 saturated carbocycles. The SMILES string of the molecule is Cc1cc(N2c3ccccc3Oc3ccccc32)cc(C)c1-c1ccc(C=Nc2ccccc2N=Cc2ccc(-c3c(C)cc(N4c5ccccc5Oc5ccccc54)cc3C)cc2O)c(O)c1. The first-order valence-electron chi connectivity index (χ1n) is 22.6. The highest BCUT2D eigenvalue weighted by atomic mass is 16.5. The van der Waals surface area contributed by atoms with E-state index in [1.54, 1.807) is 24.6 Å². The summed E-state index contributed by atoms with van der Waals surface area (Å²) in [6.07, 6.45) is 3.31. The van der Waals surface area contributed by atoms with Crippen LogP contribution in [0.5, 0.6) is 34.5 Å². The molecule has 0 spiro atoms. The monoisotopic (exact) mass is 886 g/mol.